The van der Waals surface area contributed by atoms with Crippen LogP contribution in [0.3, 0.4) is 0 Å². The summed E-state index contributed by atoms with van der Waals surface area (Å²) in [6, 6.07) is 0.450. The molecule has 0 saturated carbocycles. The van der Waals surface area contributed by atoms with Crippen LogP contribution in [0, 0.1) is 0 Å². The summed E-state index contributed by atoms with van der Waals surface area (Å²) in [5, 5.41) is 9.69. The molecule has 0 amide bonds. The third-order valence-electron chi connectivity index (χ3n) is 1.74. The Kier molecular flexibility index (Phi) is 1.09. The topological polar surface area (TPSA) is 36.1 Å². The Morgan fingerprint density at radius 1 is 1.50 bits per heavy atom. The van der Waals surface area contributed by atoms with Crippen molar-refractivity contribution in [1.82, 2.24) is 16.0 Å². The van der Waals surface area contributed by atoms with E-state index >= 15 is 0 Å². The van der Waals surface area contributed by atoms with E-state index in [2.05, 4.69) is 35.0 Å². The highest BCUT2D eigenvalue weighted by molar-refractivity contribution is 5.30. The van der Waals surface area contributed by atoms with Crippen molar-refractivity contribution in [2.45, 2.75) is 13.0 Å². The van der Waals surface area contributed by atoms with Crippen LogP contribution in [0.15, 0.2) is 23.7 Å². The number of rotatable bonds is 0. The van der Waals surface area contributed by atoms with Crippen LogP contribution in [0.1, 0.15) is 6.92 Å². The molecule has 0 aromatic heterocycles. The molecule has 0 bridgehead atoms. The van der Waals surface area contributed by atoms with Crippen molar-refractivity contribution < 1.29 is 0 Å². The summed E-state index contributed by atoms with van der Waals surface area (Å²) in [4.78, 5) is 0. The average molecular weight is 137 g/mol. The van der Waals surface area contributed by atoms with Gasteiger partial charge in [0.2, 0.25) is 0 Å². The zero-order valence-electron chi connectivity index (χ0n) is 5.94. The van der Waals surface area contributed by atoms with E-state index in [1.807, 2.05) is 0 Å². The van der Waals surface area contributed by atoms with Crippen LogP contribution in [0.2, 0.25) is 0 Å². The van der Waals surface area contributed by atoms with Gasteiger partial charge in [0.05, 0.1) is 12.4 Å². The van der Waals surface area contributed by atoms with Gasteiger partial charge in [-0.25, -0.2) is 0 Å². The van der Waals surface area contributed by atoms with Crippen LogP contribution < -0.4 is 16.0 Å². The lowest BCUT2D eigenvalue weighted by atomic mass is 10.2. The van der Waals surface area contributed by atoms with Crippen LogP contribution in [0.25, 0.3) is 0 Å². The molecule has 3 nitrogen and oxygen atoms in total. The van der Waals surface area contributed by atoms with Crippen molar-refractivity contribution in [2.75, 3.05) is 6.67 Å². The molecule has 0 aliphatic carbocycles. The van der Waals surface area contributed by atoms with Gasteiger partial charge in [-0.15, -0.1) is 0 Å². The molecule has 2 aliphatic rings. The second-order valence-corrected chi connectivity index (χ2v) is 2.61. The number of allylic oxidation sites excluding steroid dienone is 1. The maximum Gasteiger partial charge on any atom is 0.124 e. The minimum atomic E-state index is 0.450. The fraction of sp³-hybridized carbons (Fsp3) is 0.429. The van der Waals surface area contributed by atoms with Crippen molar-refractivity contribution in [3.63, 3.8) is 0 Å². The van der Waals surface area contributed by atoms with E-state index in [1.54, 1.807) is 0 Å². The Morgan fingerprint density at radius 2 is 2.40 bits per heavy atom. The fourth-order valence-electron chi connectivity index (χ4n) is 1.20. The first kappa shape index (κ1) is 5.65. The lowest BCUT2D eigenvalue weighted by molar-refractivity contribution is 0.664. The van der Waals surface area contributed by atoms with Gasteiger partial charge in [-0.05, 0) is 13.0 Å². The summed E-state index contributed by atoms with van der Waals surface area (Å²) in [6.45, 7) is 2.97. The summed E-state index contributed by atoms with van der Waals surface area (Å²) in [5.41, 5.74) is 1.18. The number of hydrogen-bond donors (Lipinski definition) is 3. The van der Waals surface area contributed by atoms with E-state index < -0.39 is 0 Å². The first-order chi connectivity index (χ1) is 4.86. The van der Waals surface area contributed by atoms with Gasteiger partial charge < -0.3 is 16.0 Å². The van der Waals surface area contributed by atoms with E-state index in [0.29, 0.717) is 6.04 Å². The third-order valence-corrected chi connectivity index (χ3v) is 1.74. The Bertz CT molecular complexity index is 205. The smallest absolute Gasteiger partial charge is 0.124 e. The highest BCUT2D eigenvalue weighted by Crippen LogP contribution is 2.08. The Hall–Kier alpha value is -1.12. The van der Waals surface area contributed by atoms with Crippen molar-refractivity contribution >= 4 is 0 Å². The van der Waals surface area contributed by atoms with Gasteiger partial charge in [-0.3, -0.25) is 0 Å². The number of dihydropyridines is 1. The molecule has 3 N–H and O–H groups in total. The second kappa shape index (κ2) is 1.94. The zero-order valence-corrected chi connectivity index (χ0v) is 5.94. The van der Waals surface area contributed by atoms with Gasteiger partial charge in [-0.2, -0.15) is 0 Å². The molecule has 0 spiro atoms. The predicted molar refractivity (Wildman–Crippen MR) is 39.9 cm³/mol. The lowest BCUT2D eigenvalue weighted by Crippen LogP contribution is -2.31. The Labute approximate surface area is 60.2 Å². The molecule has 0 radical (unpaired) electrons. The maximum atomic E-state index is 3.30. The highest BCUT2D eigenvalue weighted by atomic mass is 15.2. The molecule has 0 fully saturated rings. The molecule has 10 heavy (non-hydrogen) atoms. The van der Waals surface area contributed by atoms with Crippen molar-refractivity contribution in [3.8, 4) is 0 Å². The van der Waals surface area contributed by atoms with Gasteiger partial charge in [0.1, 0.15) is 5.82 Å². The third kappa shape index (κ3) is 0.744. The van der Waals surface area contributed by atoms with Gasteiger partial charge in [0.15, 0.2) is 0 Å². The van der Waals surface area contributed by atoms with E-state index in [-0.39, 0.29) is 0 Å². The van der Waals surface area contributed by atoms with Crippen LogP contribution in [0.4, 0.5) is 0 Å². The monoisotopic (exact) mass is 137 g/mol. The molecule has 1 unspecified atom stereocenters. The summed E-state index contributed by atoms with van der Waals surface area (Å²) in [7, 11) is 0. The molecule has 0 saturated heterocycles. The summed E-state index contributed by atoms with van der Waals surface area (Å²) in [5.74, 6) is 1.13. The highest BCUT2D eigenvalue weighted by Gasteiger charge is 2.15. The van der Waals surface area contributed by atoms with E-state index in [1.165, 1.54) is 5.70 Å². The fourth-order valence-corrected chi connectivity index (χ4v) is 1.20. The minimum absolute atomic E-state index is 0.450. The summed E-state index contributed by atoms with van der Waals surface area (Å²) in [6.07, 6.45) is 4.25. The molecule has 2 aliphatic heterocycles. The predicted octanol–water partition coefficient (Wildman–Crippen LogP) is -0.146. The molecular weight excluding hydrogens is 126 g/mol. The summed E-state index contributed by atoms with van der Waals surface area (Å²) >= 11 is 0. The quantitative estimate of drug-likeness (QED) is 0.434. The maximum absolute atomic E-state index is 3.30. The van der Waals surface area contributed by atoms with Crippen molar-refractivity contribution in [1.29, 1.82) is 0 Å². The second-order valence-electron chi connectivity index (χ2n) is 2.61. The Balaban J connectivity index is 2.22. The molecule has 0 aromatic rings. The molecule has 54 valence electrons. The number of nitrogens with one attached hydrogen (secondary N) is 3. The van der Waals surface area contributed by atoms with Gasteiger partial charge in [0, 0.05) is 6.04 Å². The first-order valence-corrected chi connectivity index (χ1v) is 3.53. The first-order valence-electron chi connectivity index (χ1n) is 3.53. The molecule has 0 aromatic carbocycles. The molecular formula is C7H11N3. The van der Waals surface area contributed by atoms with Crippen LogP contribution in [-0.2, 0) is 0 Å². The van der Waals surface area contributed by atoms with Crippen LogP contribution in [-0.4, -0.2) is 12.7 Å². The largest absolute Gasteiger partial charge is 0.365 e. The normalized spacial score (nSPS) is 28.7. The zero-order chi connectivity index (χ0) is 6.97. The van der Waals surface area contributed by atoms with Crippen LogP contribution >= 0.6 is 0 Å². The van der Waals surface area contributed by atoms with Gasteiger partial charge in [0.25, 0.3) is 0 Å². The average Bonchev–Trinajstić information content (AvgIpc) is 2.33. The van der Waals surface area contributed by atoms with E-state index in [0.717, 1.165) is 12.5 Å². The molecule has 1 atom stereocenters. The Morgan fingerprint density at radius 3 is 3.30 bits per heavy atom. The molecule has 2 heterocycles. The molecule has 3 heteroatoms. The SMILES string of the molecule is CC1C=CC2=C(NCN2)N1. The van der Waals surface area contributed by atoms with Crippen molar-refractivity contribution in [2.24, 2.45) is 0 Å². The molecule has 2 rings (SSSR count). The van der Waals surface area contributed by atoms with Gasteiger partial charge >= 0.3 is 0 Å². The van der Waals surface area contributed by atoms with Crippen LogP contribution in [0.5, 0.6) is 0 Å². The van der Waals surface area contributed by atoms with E-state index in [4.69, 9.17) is 0 Å². The van der Waals surface area contributed by atoms with Crippen molar-refractivity contribution in [3.05, 3.63) is 23.7 Å². The van der Waals surface area contributed by atoms with E-state index in [9.17, 15) is 0 Å². The number of hydrogen-bond acceptors (Lipinski definition) is 3. The van der Waals surface area contributed by atoms with Gasteiger partial charge in [-0.1, -0.05) is 6.08 Å². The standard InChI is InChI=1S/C7H11N3/c1-5-2-3-6-7(10-5)9-4-8-6/h2-3,5,8-10H,4H2,1H3. The minimum Gasteiger partial charge on any atom is -0.365 e. The lowest BCUT2D eigenvalue weighted by Gasteiger charge is -2.16. The summed E-state index contributed by atoms with van der Waals surface area (Å²) < 4.78 is 0.